The Balaban J connectivity index is 1.32. The number of nitrogens with one attached hydrogen (secondary N) is 1. The summed E-state index contributed by atoms with van der Waals surface area (Å²) in [5, 5.41) is 10.8. The fraction of sp³-hybridized carbons (Fsp3) is 0.405. The van der Waals surface area contributed by atoms with Crippen LogP contribution >= 0.6 is 0 Å². The highest BCUT2D eigenvalue weighted by molar-refractivity contribution is 7.90. The maximum atomic E-state index is 14.1. The minimum Gasteiger partial charge on any atom is -0.479 e. The third-order valence-corrected chi connectivity index (χ3v) is 12.4. The number of nitrogens with zero attached hydrogens (tertiary/aromatic N) is 2. The number of carboxylic acid groups (broad SMARTS) is 1. The third kappa shape index (κ3) is 5.78. The van der Waals surface area contributed by atoms with Crippen LogP contribution in [0.1, 0.15) is 89.4 Å². The van der Waals surface area contributed by atoms with Crippen molar-refractivity contribution in [2.45, 2.75) is 75.4 Å². The van der Waals surface area contributed by atoms with Gasteiger partial charge in [0.05, 0.1) is 11.3 Å². The van der Waals surface area contributed by atoms with Crippen LogP contribution in [0.4, 0.5) is 5.69 Å². The predicted octanol–water partition coefficient (Wildman–Crippen LogP) is 5.62. The molecule has 4 aliphatic carbocycles. The Morgan fingerprint density at radius 2 is 1.54 bits per heavy atom. The van der Waals surface area contributed by atoms with Gasteiger partial charge in [-0.05, 0) is 117 Å². The second-order valence-electron chi connectivity index (χ2n) is 14.2. The van der Waals surface area contributed by atoms with Crippen molar-refractivity contribution in [3.63, 3.8) is 0 Å². The molecule has 0 saturated heterocycles. The van der Waals surface area contributed by atoms with E-state index in [-0.39, 0.29) is 22.2 Å². The lowest BCUT2D eigenvalue weighted by atomic mass is 9.48. The lowest BCUT2D eigenvalue weighted by Gasteiger charge is -2.57. The van der Waals surface area contributed by atoms with E-state index >= 15 is 0 Å². The van der Waals surface area contributed by atoms with Crippen LogP contribution in [0.5, 0.6) is 0 Å². The van der Waals surface area contributed by atoms with E-state index in [2.05, 4.69) is 4.72 Å². The number of nitrogens with two attached hydrogens (primary N) is 1. The number of hydrogen-bond donors (Lipinski definition) is 3. The molecule has 2 amide bonds. The van der Waals surface area contributed by atoms with Crippen LogP contribution in [0.15, 0.2) is 82.7 Å². The van der Waals surface area contributed by atoms with Crippen LogP contribution < -0.4 is 15.4 Å². The Labute approximate surface area is 280 Å². The smallest absolute Gasteiger partial charge is 0.332 e. The lowest BCUT2D eigenvalue weighted by molar-refractivity contribution is -0.136. The Morgan fingerprint density at radius 1 is 0.917 bits per heavy atom. The molecule has 1 aliphatic heterocycles. The molecule has 3 aromatic rings. The quantitative estimate of drug-likeness (QED) is 0.253. The van der Waals surface area contributed by atoms with E-state index in [0.717, 1.165) is 29.7 Å². The minimum atomic E-state index is -4.76. The van der Waals surface area contributed by atoms with Gasteiger partial charge in [-0.1, -0.05) is 48.5 Å². The summed E-state index contributed by atoms with van der Waals surface area (Å²) in [5.41, 5.74) is 7.56. The van der Waals surface area contributed by atoms with E-state index in [1.54, 1.807) is 18.2 Å². The number of primary amides is 1. The van der Waals surface area contributed by atoms with E-state index in [4.69, 9.17) is 10.7 Å². The van der Waals surface area contributed by atoms with Crippen LogP contribution in [0, 0.1) is 30.1 Å². The predicted molar refractivity (Wildman–Crippen MR) is 181 cm³/mol. The van der Waals surface area contributed by atoms with E-state index < -0.39 is 44.9 Å². The number of sulfonamides is 1. The number of carboxylic acids is 1. The van der Waals surface area contributed by atoms with Crippen LogP contribution in [0.25, 0.3) is 0 Å². The molecule has 250 valence electrons. The molecular weight excluding hydrogens is 628 g/mol. The first kappa shape index (κ1) is 32.1. The van der Waals surface area contributed by atoms with Crippen molar-refractivity contribution in [3.8, 4) is 0 Å². The average molecular weight is 669 g/mol. The molecule has 4 bridgehead atoms. The number of aliphatic carboxylic acids is 1. The van der Waals surface area contributed by atoms with Gasteiger partial charge in [-0.25, -0.2) is 17.9 Å². The minimum absolute atomic E-state index is 0.0751. The topological polar surface area (TPSA) is 159 Å². The van der Waals surface area contributed by atoms with Gasteiger partial charge in [-0.2, -0.15) is 0 Å². The first-order valence-corrected chi connectivity index (χ1v) is 18.1. The molecule has 2 atom stereocenters. The molecule has 2 unspecified atom stereocenters. The average Bonchev–Trinajstić information content (AvgIpc) is 3.43. The van der Waals surface area contributed by atoms with E-state index in [9.17, 15) is 27.9 Å². The van der Waals surface area contributed by atoms with Crippen LogP contribution in [0.2, 0.25) is 0 Å². The summed E-state index contributed by atoms with van der Waals surface area (Å²) < 4.78 is 30.3. The highest BCUT2D eigenvalue weighted by Gasteiger charge is 2.52. The fourth-order valence-electron chi connectivity index (χ4n) is 9.44. The number of amides is 2. The summed E-state index contributed by atoms with van der Waals surface area (Å²) in [6.45, 7) is 1.89. The second kappa shape index (κ2) is 12.2. The summed E-state index contributed by atoms with van der Waals surface area (Å²) >= 11 is 0. The van der Waals surface area contributed by atoms with E-state index in [1.165, 1.54) is 73.8 Å². The molecule has 3 aromatic carbocycles. The van der Waals surface area contributed by atoms with Gasteiger partial charge in [0.1, 0.15) is 11.1 Å². The SMILES string of the molecule is Cc1ccccc1C1N=C(CCC23CC4CC(CC(C4)C2)C3)C(C(=O)O)N1c1cccc(C(N)=O)c1S(=O)(=O)NC(=O)c1ccccc1. The molecule has 5 aliphatic rings. The van der Waals surface area contributed by atoms with Gasteiger partial charge in [-0.3, -0.25) is 14.6 Å². The highest BCUT2D eigenvalue weighted by Crippen LogP contribution is 2.62. The number of benzene rings is 3. The summed E-state index contributed by atoms with van der Waals surface area (Å²) in [6, 6.07) is 18.1. The Morgan fingerprint density at radius 3 is 2.15 bits per heavy atom. The van der Waals surface area contributed by atoms with Crippen molar-refractivity contribution >= 4 is 39.2 Å². The molecule has 4 saturated carbocycles. The molecule has 11 heteroatoms. The molecule has 0 radical (unpaired) electrons. The Kier molecular flexibility index (Phi) is 8.14. The van der Waals surface area contributed by atoms with Gasteiger partial charge in [0.25, 0.3) is 15.9 Å². The number of carbonyl (C=O) groups is 3. The zero-order valence-electron chi connectivity index (χ0n) is 26.8. The van der Waals surface area contributed by atoms with Gasteiger partial charge in [0.15, 0.2) is 6.04 Å². The van der Waals surface area contributed by atoms with Gasteiger partial charge in [0.2, 0.25) is 5.91 Å². The molecule has 4 N–H and O–H groups in total. The summed E-state index contributed by atoms with van der Waals surface area (Å²) in [5.74, 6) is -0.904. The van der Waals surface area contributed by atoms with E-state index in [1.807, 2.05) is 31.2 Å². The summed E-state index contributed by atoms with van der Waals surface area (Å²) in [7, 11) is -4.76. The zero-order chi connectivity index (χ0) is 33.8. The second-order valence-corrected chi connectivity index (χ2v) is 15.9. The maximum absolute atomic E-state index is 14.1. The van der Waals surface area contributed by atoms with Crippen molar-refractivity contribution in [1.82, 2.24) is 4.72 Å². The molecular formula is C37H40N4O6S. The Hall–Kier alpha value is -4.51. The van der Waals surface area contributed by atoms with Crippen LogP contribution in [0.3, 0.4) is 0 Å². The van der Waals surface area contributed by atoms with Crippen molar-refractivity contribution in [3.05, 3.63) is 95.1 Å². The van der Waals surface area contributed by atoms with Crippen molar-refractivity contribution in [2.75, 3.05) is 4.90 Å². The van der Waals surface area contributed by atoms with Crippen LogP contribution in [-0.2, 0) is 14.8 Å². The standard InChI is InChI=1S/C37H40N4O6S/c1-22-8-5-6-11-27(22)34-39-29(14-15-37-19-23-16-24(20-37)18-25(17-23)21-37)31(36(44)45)41(34)30-13-7-12-28(33(38)42)32(30)48(46,47)40-35(43)26-9-3-2-4-10-26/h2-13,23-25,31,34H,14-21H2,1H3,(H2,38,42)(H,40,43)(H,44,45). The molecule has 8 rings (SSSR count). The summed E-state index contributed by atoms with van der Waals surface area (Å²) in [4.78, 5) is 45.1. The molecule has 0 aromatic heterocycles. The number of carbonyl (C=O) groups excluding carboxylic acids is 2. The number of aliphatic imine (C=N–C) groups is 1. The van der Waals surface area contributed by atoms with Gasteiger partial charge < -0.3 is 15.7 Å². The van der Waals surface area contributed by atoms with Crippen LogP contribution in [-0.4, -0.2) is 43.1 Å². The molecule has 10 nitrogen and oxygen atoms in total. The lowest BCUT2D eigenvalue weighted by Crippen LogP contribution is -2.47. The highest BCUT2D eigenvalue weighted by atomic mass is 32.2. The van der Waals surface area contributed by atoms with Crippen molar-refractivity contribution < 1.29 is 27.9 Å². The zero-order valence-corrected chi connectivity index (χ0v) is 27.7. The number of hydrogen-bond acceptors (Lipinski definition) is 7. The maximum Gasteiger partial charge on any atom is 0.332 e. The first-order chi connectivity index (χ1) is 22.9. The first-order valence-electron chi connectivity index (χ1n) is 16.6. The normalized spacial score (nSPS) is 27.5. The van der Waals surface area contributed by atoms with Gasteiger partial charge >= 0.3 is 5.97 Å². The largest absolute Gasteiger partial charge is 0.479 e. The molecule has 0 spiro atoms. The fourth-order valence-corrected chi connectivity index (χ4v) is 10.8. The molecule has 48 heavy (non-hydrogen) atoms. The Bertz CT molecular complexity index is 1890. The molecule has 1 heterocycles. The number of anilines is 1. The third-order valence-electron chi connectivity index (χ3n) is 11.0. The summed E-state index contributed by atoms with van der Waals surface area (Å²) in [6.07, 6.45) is 7.79. The van der Waals surface area contributed by atoms with Gasteiger partial charge in [0, 0.05) is 11.3 Å². The van der Waals surface area contributed by atoms with Crippen molar-refractivity contribution in [2.24, 2.45) is 33.9 Å². The number of aryl methyl sites for hydroxylation is 1. The van der Waals surface area contributed by atoms with E-state index in [0.29, 0.717) is 17.7 Å². The van der Waals surface area contributed by atoms with Crippen molar-refractivity contribution in [1.29, 1.82) is 0 Å². The molecule has 4 fully saturated rings. The monoisotopic (exact) mass is 668 g/mol. The van der Waals surface area contributed by atoms with Gasteiger partial charge in [-0.15, -0.1) is 0 Å². The number of rotatable bonds is 10.